The summed E-state index contributed by atoms with van der Waals surface area (Å²) in [5.41, 5.74) is -0.881. The molecule has 1 aliphatic rings. The Bertz CT molecular complexity index is 522. The average Bonchev–Trinajstić information content (AvgIpc) is 2.75. The van der Waals surface area contributed by atoms with Crippen molar-refractivity contribution in [3.8, 4) is 0 Å². The van der Waals surface area contributed by atoms with E-state index in [1.54, 1.807) is 6.92 Å². The molecule has 19 heavy (non-hydrogen) atoms. The van der Waals surface area contributed by atoms with Crippen molar-refractivity contribution in [3.63, 3.8) is 0 Å². The minimum absolute atomic E-state index is 0.0511. The van der Waals surface area contributed by atoms with Crippen LogP contribution in [0.4, 0.5) is 0 Å². The minimum atomic E-state index is -1.07. The number of hydrogen-bond donors (Lipinski definition) is 0. The van der Waals surface area contributed by atoms with Gasteiger partial charge in [0.1, 0.15) is 22.1 Å². The zero-order chi connectivity index (χ0) is 14.3. The number of carbonyl (C=O) groups excluding carboxylic acids is 2. The van der Waals surface area contributed by atoms with Crippen LogP contribution in [0.15, 0.2) is 16.5 Å². The summed E-state index contributed by atoms with van der Waals surface area (Å²) in [5.74, 6) is -0.691. The molecule has 0 bridgehead atoms. The molecule has 0 radical (unpaired) electrons. The third-order valence-corrected chi connectivity index (χ3v) is 4.20. The van der Waals surface area contributed by atoms with Crippen LogP contribution in [0, 0.1) is 5.41 Å². The maximum atomic E-state index is 11.8. The second kappa shape index (κ2) is 4.72. The second-order valence-corrected chi connectivity index (χ2v) is 6.03. The predicted molar refractivity (Wildman–Crippen MR) is 67.0 cm³/mol. The van der Waals surface area contributed by atoms with Crippen molar-refractivity contribution >= 4 is 35.1 Å². The van der Waals surface area contributed by atoms with Crippen LogP contribution in [0.3, 0.4) is 0 Å². The maximum absolute atomic E-state index is 11.8. The van der Waals surface area contributed by atoms with Crippen molar-refractivity contribution in [1.29, 1.82) is 0 Å². The Morgan fingerprint density at radius 3 is 2.58 bits per heavy atom. The molecule has 2 rings (SSSR count). The quantitative estimate of drug-likeness (QED) is 0.632. The van der Waals surface area contributed by atoms with Crippen molar-refractivity contribution in [1.82, 2.24) is 0 Å². The van der Waals surface area contributed by atoms with Crippen LogP contribution >= 0.6 is 23.2 Å². The van der Waals surface area contributed by atoms with E-state index in [1.807, 2.05) is 0 Å². The molecule has 1 saturated carbocycles. The van der Waals surface area contributed by atoms with E-state index >= 15 is 0 Å². The summed E-state index contributed by atoms with van der Waals surface area (Å²) in [5, 5.41) is 0. The summed E-state index contributed by atoms with van der Waals surface area (Å²) in [4.78, 5) is 22.9. The van der Waals surface area contributed by atoms with Crippen LogP contribution in [0.1, 0.15) is 29.7 Å². The fourth-order valence-corrected chi connectivity index (χ4v) is 2.27. The number of ether oxygens (including phenoxy) is 2. The number of hydrogen-bond acceptors (Lipinski definition) is 5. The summed E-state index contributed by atoms with van der Waals surface area (Å²) in [7, 11) is 1.25. The van der Waals surface area contributed by atoms with Gasteiger partial charge in [-0.15, -0.1) is 23.2 Å². The van der Waals surface area contributed by atoms with E-state index in [4.69, 9.17) is 32.4 Å². The number of rotatable bonds is 4. The van der Waals surface area contributed by atoms with Gasteiger partial charge in [-0.05, 0) is 19.1 Å². The molecule has 1 aromatic rings. The second-order valence-electron chi connectivity index (χ2n) is 4.55. The van der Waals surface area contributed by atoms with Gasteiger partial charge in [-0.3, -0.25) is 4.79 Å². The summed E-state index contributed by atoms with van der Waals surface area (Å²) >= 11 is 11.7. The first-order valence-electron chi connectivity index (χ1n) is 5.52. The Morgan fingerprint density at radius 1 is 1.42 bits per heavy atom. The maximum Gasteiger partial charge on any atom is 0.373 e. The van der Waals surface area contributed by atoms with Gasteiger partial charge in [-0.2, -0.15) is 0 Å². The van der Waals surface area contributed by atoms with Gasteiger partial charge in [0.2, 0.25) is 5.76 Å². The molecule has 1 aliphatic carbocycles. The highest BCUT2D eigenvalue weighted by Crippen LogP contribution is 2.64. The van der Waals surface area contributed by atoms with Gasteiger partial charge in [0.25, 0.3) is 0 Å². The lowest BCUT2D eigenvalue weighted by Crippen LogP contribution is -2.21. The molecule has 0 amide bonds. The first kappa shape index (κ1) is 14.2. The molecule has 0 aliphatic heterocycles. The van der Waals surface area contributed by atoms with Crippen LogP contribution < -0.4 is 0 Å². The van der Waals surface area contributed by atoms with E-state index in [0.29, 0.717) is 12.2 Å². The number of esters is 2. The standard InChI is InChI=1S/C12H12Cl2O5/c1-11(6-12(11,13)14)10(16)18-5-7-3-4-8(19-7)9(15)17-2/h3-4H,5-6H2,1-2H3. The Morgan fingerprint density at radius 2 is 2.05 bits per heavy atom. The Kier molecular flexibility index (Phi) is 3.53. The predicted octanol–water partition coefficient (Wildman–Crippen LogP) is 2.69. The highest BCUT2D eigenvalue weighted by molar-refractivity contribution is 6.53. The normalized spacial score (nSPS) is 23.8. The smallest absolute Gasteiger partial charge is 0.373 e. The largest absolute Gasteiger partial charge is 0.463 e. The van der Waals surface area contributed by atoms with Crippen LogP contribution in [-0.4, -0.2) is 23.4 Å². The van der Waals surface area contributed by atoms with Crippen molar-refractivity contribution in [2.75, 3.05) is 7.11 Å². The Hall–Kier alpha value is -1.20. The zero-order valence-electron chi connectivity index (χ0n) is 10.4. The molecule has 1 heterocycles. The molecule has 0 aromatic carbocycles. The van der Waals surface area contributed by atoms with Gasteiger partial charge in [-0.1, -0.05) is 0 Å². The van der Waals surface area contributed by atoms with Gasteiger partial charge in [0.15, 0.2) is 0 Å². The molecular formula is C12H12Cl2O5. The van der Waals surface area contributed by atoms with E-state index in [0.717, 1.165) is 0 Å². The van der Waals surface area contributed by atoms with E-state index in [9.17, 15) is 9.59 Å². The summed E-state index contributed by atoms with van der Waals surface area (Å²) in [6.45, 7) is 1.55. The van der Waals surface area contributed by atoms with Crippen LogP contribution in [0.5, 0.6) is 0 Å². The van der Waals surface area contributed by atoms with E-state index < -0.39 is 21.7 Å². The molecule has 0 N–H and O–H groups in total. The lowest BCUT2D eigenvalue weighted by atomic mass is 10.1. The lowest BCUT2D eigenvalue weighted by Gasteiger charge is -2.10. The third kappa shape index (κ3) is 2.58. The molecule has 104 valence electrons. The monoisotopic (exact) mass is 306 g/mol. The molecule has 0 spiro atoms. The fraction of sp³-hybridized carbons (Fsp3) is 0.500. The molecule has 5 nitrogen and oxygen atoms in total. The van der Waals surface area contributed by atoms with Gasteiger partial charge >= 0.3 is 11.9 Å². The van der Waals surface area contributed by atoms with Crippen molar-refractivity contribution < 1.29 is 23.5 Å². The van der Waals surface area contributed by atoms with Gasteiger partial charge in [0, 0.05) is 6.42 Å². The van der Waals surface area contributed by atoms with E-state index in [1.165, 1.54) is 19.2 Å². The van der Waals surface area contributed by atoms with Gasteiger partial charge < -0.3 is 13.9 Å². The zero-order valence-corrected chi connectivity index (χ0v) is 11.9. The van der Waals surface area contributed by atoms with Crippen molar-refractivity contribution in [2.24, 2.45) is 5.41 Å². The molecule has 0 saturated heterocycles. The molecule has 7 heteroatoms. The molecular weight excluding hydrogens is 295 g/mol. The topological polar surface area (TPSA) is 65.7 Å². The Labute approximate surface area is 119 Å². The molecule has 1 atom stereocenters. The number of halogens is 2. The van der Waals surface area contributed by atoms with Gasteiger partial charge in [-0.25, -0.2) is 4.79 Å². The van der Waals surface area contributed by atoms with E-state index in [2.05, 4.69) is 4.74 Å². The summed E-state index contributed by atoms with van der Waals surface area (Å²) < 4.78 is 13.6. The lowest BCUT2D eigenvalue weighted by molar-refractivity contribution is -0.151. The molecule has 1 fully saturated rings. The summed E-state index contributed by atoms with van der Waals surface area (Å²) in [6.07, 6.45) is 0.355. The van der Waals surface area contributed by atoms with Crippen LogP contribution in [0.25, 0.3) is 0 Å². The van der Waals surface area contributed by atoms with Crippen molar-refractivity contribution in [3.05, 3.63) is 23.7 Å². The Balaban J connectivity index is 1.91. The molecule has 1 aromatic heterocycles. The number of methoxy groups -OCH3 is 1. The number of furan rings is 1. The molecule has 1 unspecified atom stereocenters. The first-order valence-corrected chi connectivity index (χ1v) is 6.28. The average molecular weight is 307 g/mol. The first-order chi connectivity index (χ1) is 8.80. The highest BCUT2D eigenvalue weighted by atomic mass is 35.5. The SMILES string of the molecule is COC(=O)c1ccc(COC(=O)C2(C)CC2(Cl)Cl)o1. The highest BCUT2D eigenvalue weighted by Gasteiger charge is 2.69. The number of alkyl halides is 2. The summed E-state index contributed by atoms with van der Waals surface area (Å²) in [6, 6.07) is 2.98. The fourth-order valence-electron chi connectivity index (χ4n) is 1.58. The van der Waals surface area contributed by atoms with Crippen LogP contribution in [-0.2, 0) is 20.9 Å². The van der Waals surface area contributed by atoms with Crippen molar-refractivity contribution in [2.45, 2.75) is 24.3 Å². The minimum Gasteiger partial charge on any atom is -0.463 e. The van der Waals surface area contributed by atoms with Gasteiger partial charge in [0.05, 0.1) is 7.11 Å². The van der Waals surface area contributed by atoms with Crippen LogP contribution in [0.2, 0.25) is 0 Å². The van der Waals surface area contributed by atoms with E-state index in [-0.39, 0.29) is 12.4 Å². The number of carbonyl (C=O) groups is 2. The third-order valence-electron chi connectivity index (χ3n) is 3.10.